The second-order valence-corrected chi connectivity index (χ2v) is 8.14. The van der Waals surface area contributed by atoms with Crippen molar-refractivity contribution < 1.29 is 16.8 Å². The van der Waals surface area contributed by atoms with Gasteiger partial charge < -0.3 is 5.32 Å². The molecule has 1 saturated heterocycles. The van der Waals surface area contributed by atoms with Gasteiger partial charge >= 0.3 is 0 Å². The van der Waals surface area contributed by atoms with Gasteiger partial charge in [-0.25, -0.2) is 22.0 Å². The Labute approximate surface area is 118 Å². The Hall–Kier alpha value is -1.00. The Morgan fingerprint density at radius 2 is 1.90 bits per heavy atom. The van der Waals surface area contributed by atoms with E-state index in [2.05, 4.69) is 5.32 Å². The number of rotatable bonds is 3. The third kappa shape index (κ3) is 3.01. The Bertz CT molecular complexity index is 700. The topological polar surface area (TPSA) is 110 Å². The van der Waals surface area contributed by atoms with Crippen molar-refractivity contribution in [1.82, 2.24) is 9.62 Å². The molecule has 1 aliphatic rings. The van der Waals surface area contributed by atoms with Crippen molar-refractivity contribution in [3.05, 3.63) is 24.3 Å². The molecule has 0 saturated carbocycles. The normalized spacial score (nSPS) is 21.8. The molecule has 112 valence electrons. The van der Waals surface area contributed by atoms with E-state index in [1.165, 1.54) is 22.5 Å². The average molecular weight is 319 g/mol. The molecule has 1 unspecified atom stereocenters. The summed E-state index contributed by atoms with van der Waals surface area (Å²) in [5, 5.41) is 8.13. The van der Waals surface area contributed by atoms with Crippen molar-refractivity contribution in [2.24, 2.45) is 5.14 Å². The van der Waals surface area contributed by atoms with Crippen LogP contribution < -0.4 is 10.5 Å². The molecule has 1 fully saturated rings. The Morgan fingerprint density at radius 3 is 2.50 bits per heavy atom. The van der Waals surface area contributed by atoms with Gasteiger partial charge in [-0.2, -0.15) is 4.31 Å². The molecule has 3 N–H and O–H groups in total. The van der Waals surface area contributed by atoms with Gasteiger partial charge in [-0.1, -0.05) is 6.07 Å². The van der Waals surface area contributed by atoms with Gasteiger partial charge in [0.05, 0.1) is 9.79 Å². The number of benzene rings is 1. The van der Waals surface area contributed by atoms with E-state index < -0.39 is 20.0 Å². The molecule has 0 amide bonds. The van der Waals surface area contributed by atoms with E-state index in [1.807, 2.05) is 0 Å². The first kappa shape index (κ1) is 15.4. The molecule has 1 aromatic rings. The fourth-order valence-corrected chi connectivity index (χ4v) is 4.44. The van der Waals surface area contributed by atoms with E-state index in [0.29, 0.717) is 19.6 Å². The van der Waals surface area contributed by atoms with Crippen LogP contribution in [0.5, 0.6) is 0 Å². The molecule has 20 heavy (non-hydrogen) atoms. The van der Waals surface area contributed by atoms with Crippen LogP contribution in [0.4, 0.5) is 0 Å². The summed E-state index contributed by atoms with van der Waals surface area (Å²) in [4.78, 5) is -0.265. The van der Waals surface area contributed by atoms with Crippen LogP contribution in [0.1, 0.15) is 6.92 Å². The quantitative estimate of drug-likeness (QED) is 0.767. The van der Waals surface area contributed by atoms with Crippen LogP contribution in [-0.2, 0) is 20.0 Å². The minimum Gasteiger partial charge on any atom is -0.314 e. The maximum atomic E-state index is 12.5. The van der Waals surface area contributed by atoms with Gasteiger partial charge in [0, 0.05) is 25.7 Å². The van der Waals surface area contributed by atoms with Gasteiger partial charge in [-0.3, -0.25) is 0 Å². The zero-order valence-corrected chi connectivity index (χ0v) is 12.6. The lowest BCUT2D eigenvalue weighted by molar-refractivity contribution is 0.284. The van der Waals surface area contributed by atoms with Crippen LogP contribution >= 0.6 is 0 Å². The highest BCUT2D eigenvalue weighted by molar-refractivity contribution is 7.90. The summed E-state index contributed by atoms with van der Waals surface area (Å²) in [7, 11) is -7.65. The Balaban J connectivity index is 2.44. The maximum absolute atomic E-state index is 12.5. The van der Waals surface area contributed by atoms with E-state index >= 15 is 0 Å². The van der Waals surface area contributed by atoms with Gasteiger partial charge in [0.1, 0.15) is 0 Å². The summed E-state index contributed by atoms with van der Waals surface area (Å²) in [6, 6.07) is 4.93. The molecule has 0 spiro atoms. The van der Waals surface area contributed by atoms with Gasteiger partial charge in [0.25, 0.3) is 0 Å². The highest BCUT2D eigenvalue weighted by atomic mass is 32.2. The minimum atomic E-state index is -3.93. The predicted octanol–water partition coefficient (Wildman–Crippen LogP) is -0.684. The number of hydrogen-bond donors (Lipinski definition) is 2. The molecule has 9 heteroatoms. The molecule has 1 atom stereocenters. The smallest absolute Gasteiger partial charge is 0.243 e. The highest BCUT2D eigenvalue weighted by Gasteiger charge is 2.31. The van der Waals surface area contributed by atoms with Crippen LogP contribution in [0.2, 0.25) is 0 Å². The molecule has 0 aliphatic carbocycles. The number of nitrogens with two attached hydrogens (primary N) is 1. The molecular weight excluding hydrogens is 302 g/mol. The van der Waals surface area contributed by atoms with Crippen LogP contribution in [0.25, 0.3) is 0 Å². The third-order valence-corrected chi connectivity index (χ3v) is 6.10. The number of sulfonamides is 2. The van der Waals surface area contributed by atoms with Crippen molar-refractivity contribution >= 4 is 20.0 Å². The first-order chi connectivity index (χ1) is 9.23. The largest absolute Gasteiger partial charge is 0.314 e. The summed E-state index contributed by atoms with van der Waals surface area (Å²) < 4.78 is 49.1. The van der Waals surface area contributed by atoms with E-state index in [-0.39, 0.29) is 15.8 Å². The van der Waals surface area contributed by atoms with Crippen LogP contribution in [-0.4, -0.2) is 46.8 Å². The van der Waals surface area contributed by atoms with E-state index in [9.17, 15) is 16.8 Å². The third-order valence-electron chi connectivity index (χ3n) is 3.18. The van der Waals surface area contributed by atoms with Crippen molar-refractivity contribution in [2.75, 3.05) is 19.6 Å². The summed E-state index contributed by atoms with van der Waals surface area (Å²) in [6.07, 6.45) is 0. The lowest BCUT2D eigenvalue weighted by atomic mass is 10.3. The maximum Gasteiger partial charge on any atom is 0.243 e. The Morgan fingerprint density at radius 1 is 1.25 bits per heavy atom. The molecule has 0 bridgehead atoms. The first-order valence-electron chi connectivity index (χ1n) is 6.08. The molecule has 7 nitrogen and oxygen atoms in total. The van der Waals surface area contributed by atoms with Crippen molar-refractivity contribution in [1.29, 1.82) is 0 Å². The zero-order chi connectivity index (χ0) is 15.0. The molecule has 1 aliphatic heterocycles. The summed E-state index contributed by atoms with van der Waals surface area (Å²) in [5.74, 6) is 0. The standard InChI is InChI=1S/C11H17N3O4S2/c1-9-8-13-5-6-14(9)20(17,18)11-4-2-3-10(7-11)19(12,15)16/h2-4,7,9,13H,5-6,8H2,1H3,(H2,12,15,16). The van der Waals surface area contributed by atoms with Crippen molar-refractivity contribution in [2.45, 2.75) is 22.8 Å². The summed E-state index contributed by atoms with van der Waals surface area (Å²) >= 11 is 0. The summed E-state index contributed by atoms with van der Waals surface area (Å²) in [6.45, 7) is 3.28. The van der Waals surface area contributed by atoms with Crippen LogP contribution in [0, 0.1) is 0 Å². The van der Waals surface area contributed by atoms with Gasteiger partial charge in [-0.15, -0.1) is 0 Å². The molecule has 0 aromatic heterocycles. The van der Waals surface area contributed by atoms with Gasteiger partial charge in [-0.05, 0) is 25.1 Å². The van der Waals surface area contributed by atoms with Gasteiger partial charge in [0.15, 0.2) is 0 Å². The van der Waals surface area contributed by atoms with Crippen molar-refractivity contribution in [3.8, 4) is 0 Å². The molecule has 1 aromatic carbocycles. The molecule has 0 radical (unpaired) electrons. The fraction of sp³-hybridized carbons (Fsp3) is 0.455. The van der Waals surface area contributed by atoms with E-state index in [4.69, 9.17) is 5.14 Å². The monoisotopic (exact) mass is 319 g/mol. The number of piperazine rings is 1. The first-order valence-corrected chi connectivity index (χ1v) is 9.07. The molecule has 2 rings (SSSR count). The minimum absolute atomic E-state index is 0.0576. The molecular formula is C11H17N3O4S2. The average Bonchev–Trinajstić information content (AvgIpc) is 2.38. The van der Waals surface area contributed by atoms with E-state index in [0.717, 1.165) is 6.07 Å². The van der Waals surface area contributed by atoms with E-state index in [1.54, 1.807) is 6.92 Å². The van der Waals surface area contributed by atoms with Crippen molar-refractivity contribution in [3.63, 3.8) is 0 Å². The molecule has 1 heterocycles. The van der Waals surface area contributed by atoms with Crippen LogP contribution in [0.15, 0.2) is 34.1 Å². The van der Waals surface area contributed by atoms with Gasteiger partial charge in [0.2, 0.25) is 20.0 Å². The van der Waals surface area contributed by atoms with Crippen LogP contribution in [0.3, 0.4) is 0 Å². The highest BCUT2D eigenvalue weighted by Crippen LogP contribution is 2.21. The predicted molar refractivity (Wildman–Crippen MR) is 74.0 cm³/mol. The second-order valence-electron chi connectivity index (χ2n) is 4.69. The number of nitrogens with one attached hydrogen (secondary N) is 1. The summed E-state index contributed by atoms with van der Waals surface area (Å²) in [5.41, 5.74) is 0. The lowest BCUT2D eigenvalue weighted by Crippen LogP contribution is -2.52. The lowest BCUT2D eigenvalue weighted by Gasteiger charge is -2.32. The second kappa shape index (κ2) is 5.41. The number of nitrogens with zero attached hydrogens (tertiary/aromatic N) is 1. The fourth-order valence-electron chi connectivity index (χ4n) is 2.13. The zero-order valence-electron chi connectivity index (χ0n) is 11.0. The Kier molecular flexibility index (Phi) is 4.17. The number of hydrogen-bond acceptors (Lipinski definition) is 5. The number of primary sulfonamides is 1. The SMILES string of the molecule is CC1CNCCN1S(=O)(=O)c1cccc(S(N)(=O)=O)c1.